The van der Waals surface area contributed by atoms with E-state index in [0.29, 0.717) is 36.0 Å². The van der Waals surface area contributed by atoms with Crippen molar-refractivity contribution in [1.29, 1.82) is 5.26 Å². The summed E-state index contributed by atoms with van der Waals surface area (Å²) in [7, 11) is 0. The molecule has 0 atom stereocenters. The highest BCUT2D eigenvalue weighted by atomic mass is 32.2. The zero-order valence-corrected chi connectivity index (χ0v) is 14.9. The third kappa shape index (κ3) is 6.82. The van der Waals surface area contributed by atoms with E-state index in [4.69, 9.17) is 9.78 Å². The zero-order chi connectivity index (χ0) is 18.8. The Bertz CT molecular complexity index is 784. The van der Waals surface area contributed by atoms with Gasteiger partial charge in [-0.05, 0) is 19.1 Å². The minimum Gasteiger partial charge on any atom is -0.368 e. The van der Waals surface area contributed by atoms with Crippen LogP contribution in [-0.4, -0.2) is 46.6 Å². The topological polar surface area (TPSA) is 133 Å². The van der Waals surface area contributed by atoms with Crippen LogP contribution >= 0.6 is 11.8 Å². The normalized spacial score (nSPS) is 10.0. The number of nitrogens with one attached hydrogen (secondary N) is 3. The van der Waals surface area contributed by atoms with Gasteiger partial charge in [0.1, 0.15) is 17.6 Å². The van der Waals surface area contributed by atoms with Crippen LogP contribution in [0.5, 0.6) is 0 Å². The largest absolute Gasteiger partial charge is 0.368 e. The SMILES string of the molecule is Cc1cc(NC(=O)CSCC(=O)NCCNc2ccc(C#N)cn2)no1. The lowest BCUT2D eigenvalue weighted by Crippen LogP contribution is -2.30. The van der Waals surface area contributed by atoms with Crippen LogP contribution in [-0.2, 0) is 9.59 Å². The molecule has 2 aromatic heterocycles. The van der Waals surface area contributed by atoms with Gasteiger partial charge < -0.3 is 20.5 Å². The van der Waals surface area contributed by atoms with Crippen LogP contribution in [0.15, 0.2) is 28.9 Å². The molecule has 2 heterocycles. The number of aryl methyl sites for hydroxylation is 1. The molecule has 0 aliphatic rings. The van der Waals surface area contributed by atoms with Crippen molar-refractivity contribution in [2.45, 2.75) is 6.92 Å². The summed E-state index contributed by atoms with van der Waals surface area (Å²) in [6, 6.07) is 6.97. The van der Waals surface area contributed by atoms with Crippen LogP contribution in [0.4, 0.5) is 11.6 Å². The molecule has 26 heavy (non-hydrogen) atoms. The number of pyridine rings is 1. The number of anilines is 2. The van der Waals surface area contributed by atoms with Gasteiger partial charge in [0.15, 0.2) is 5.82 Å². The van der Waals surface area contributed by atoms with Crippen molar-refractivity contribution in [1.82, 2.24) is 15.5 Å². The van der Waals surface area contributed by atoms with Gasteiger partial charge in [-0.15, -0.1) is 11.8 Å². The lowest BCUT2D eigenvalue weighted by atomic mass is 10.3. The number of nitriles is 1. The van der Waals surface area contributed by atoms with Crippen molar-refractivity contribution >= 4 is 35.2 Å². The van der Waals surface area contributed by atoms with Gasteiger partial charge in [-0.3, -0.25) is 9.59 Å². The smallest absolute Gasteiger partial charge is 0.235 e. The fraction of sp³-hybridized carbons (Fsp3) is 0.312. The molecule has 0 fully saturated rings. The van der Waals surface area contributed by atoms with E-state index < -0.39 is 0 Å². The van der Waals surface area contributed by atoms with Crippen molar-refractivity contribution in [2.24, 2.45) is 0 Å². The molecular weight excluding hydrogens is 356 g/mol. The molecule has 0 aliphatic heterocycles. The van der Waals surface area contributed by atoms with Gasteiger partial charge in [0.05, 0.1) is 17.1 Å². The predicted molar refractivity (Wildman–Crippen MR) is 97.6 cm³/mol. The van der Waals surface area contributed by atoms with Crippen LogP contribution in [0.25, 0.3) is 0 Å². The fourth-order valence-corrected chi connectivity index (χ4v) is 2.50. The molecule has 0 bridgehead atoms. The van der Waals surface area contributed by atoms with Crippen molar-refractivity contribution in [3.05, 3.63) is 35.7 Å². The average Bonchev–Trinajstić information content (AvgIpc) is 3.04. The highest BCUT2D eigenvalue weighted by Gasteiger charge is 2.08. The Morgan fingerprint density at radius 3 is 2.69 bits per heavy atom. The molecule has 2 aromatic rings. The number of amides is 2. The Hall–Kier alpha value is -3.06. The number of rotatable bonds is 9. The highest BCUT2D eigenvalue weighted by Crippen LogP contribution is 2.08. The monoisotopic (exact) mass is 374 g/mol. The molecule has 2 amide bonds. The number of aromatic nitrogens is 2. The second kappa shape index (κ2) is 10.0. The van der Waals surface area contributed by atoms with Crippen molar-refractivity contribution in [3.63, 3.8) is 0 Å². The minimum absolute atomic E-state index is 0.146. The molecule has 0 aromatic carbocycles. The van der Waals surface area contributed by atoms with Gasteiger partial charge in [-0.2, -0.15) is 5.26 Å². The van der Waals surface area contributed by atoms with E-state index in [1.165, 1.54) is 18.0 Å². The number of hydrogen-bond acceptors (Lipinski definition) is 8. The van der Waals surface area contributed by atoms with E-state index in [2.05, 4.69) is 26.1 Å². The maximum atomic E-state index is 11.7. The summed E-state index contributed by atoms with van der Waals surface area (Å²) >= 11 is 1.21. The molecule has 9 nitrogen and oxygen atoms in total. The van der Waals surface area contributed by atoms with Crippen molar-refractivity contribution in [2.75, 3.05) is 35.2 Å². The highest BCUT2D eigenvalue weighted by molar-refractivity contribution is 8.00. The van der Waals surface area contributed by atoms with Crippen LogP contribution in [0.3, 0.4) is 0 Å². The maximum absolute atomic E-state index is 11.7. The Morgan fingerprint density at radius 2 is 2.04 bits per heavy atom. The zero-order valence-electron chi connectivity index (χ0n) is 14.1. The summed E-state index contributed by atoms with van der Waals surface area (Å²) in [6.45, 7) is 2.65. The molecule has 10 heteroatoms. The molecule has 0 spiro atoms. The third-order valence-corrected chi connectivity index (χ3v) is 3.94. The van der Waals surface area contributed by atoms with Gasteiger partial charge in [-0.1, -0.05) is 5.16 Å². The quantitative estimate of drug-likeness (QED) is 0.557. The first kappa shape index (κ1) is 19.3. The Morgan fingerprint density at radius 1 is 1.23 bits per heavy atom. The van der Waals surface area contributed by atoms with E-state index in [1.807, 2.05) is 6.07 Å². The number of carbonyl (C=O) groups is 2. The molecule has 0 unspecified atom stereocenters. The average molecular weight is 374 g/mol. The van der Waals surface area contributed by atoms with Gasteiger partial charge in [-0.25, -0.2) is 4.98 Å². The molecular formula is C16H18N6O3S. The van der Waals surface area contributed by atoms with E-state index in [-0.39, 0.29) is 23.3 Å². The van der Waals surface area contributed by atoms with Gasteiger partial charge in [0, 0.05) is 25.4 Å². The summed E-state index contributed by atoms with van der Waals surface area (Å²) < 4.78 is 4.85. The van der Waals surface area contributed by atoms with Crippen molar-refractivity contribution < 1.29 is 14.1 Å². The van der Waals surface area contributed by atoms with E-state index in [0.717, 1.165) is 0 Å². The second-order valence-corrected chi connectivity index (χ2v) is 6.17. The molecule has 0 aliphatic carbocycles. The lowest BCUT2D eigenvalue weighted by molar-refractivity contribution is -0.118. The first-order valence-electron chi connectivity index (χ1n) is 7.74. The minimum atomic E-state index is -0.246. The molecule has 0 saturated heterocycles. The lowest BCUT2D eigenvalue weighted by Gasteiger charge is -2.07. The molecule has 0 saturated carbocycles. The molecule has 3 N–H and O–H groups in total. The van der Waals surface area contributed by atoms with E-state index in [1.54, 1.807) is 25.1 Å². The first-order chi connectivity index (χ1) is 12.6. The molecule has 136 valence electrons. The van der Waals surface area contributed by atoms with Crippen LogP contribution < -0.4 is 16.0 Å². The second-order valence-electron chi connectivity index (χ2n) is 5.18. The van der Waals surface area contributed by atoms with Crippen LogP contribution in [0, 0.1) is 18.3 Å². The fourth-order valence-electron chi connectivity index (χ4n) is 1.85. The number of nitrogens with zero attached hydrogens (tertiary/aromatic N) is 3. The molecule has 2 rings (SSSR count). The number of hydrogen-bond donors (Lipinski definition) is 3. The Kier molecular flexibility index (Phi) is 7.45. The van der Waals surface area contributed by atoms with Gasteiger partial charge >= 0.3 is 0 Å². The first-order valence-corrected chi connectivity index (χ1v) is 8.90. The summed E-state index contributed by atoms with van der Waals surface area (Å²) in [5.74, 6) is 1.52. The maximum Gasteiger partial charge on any atom is 0.235 e. The number of carbonyl (C=O) groups excluding carboxylic acids is 2. The van der Waals surface area contributed by atoms with Gasteiger partial charge in [0.2, 0.25) is 11.8 Å². The number of thioether (sulfide) groups is 1. The Labute approximate surface area is 154 Å². The Balaban J connectivity index is 1.54. The van der Waals surface area contributed by atoms with Crippen LogP contribution in [0.1, 0.15) is 11.3 Å². The standard InChI is InChI=1S/C16H18N6O3S/c1-11-6-14(22-25-11)21-16(24)10-26-9-15(23)19-5-4-18-13-3-2-12(7-17)8-20-13/h2-3,6,8H,4-5,9-10H2,1H3,(H,18,20)(H,19,23)(H,21,22,24). The van der Waals surface area contributed by atoms with Crippen molar-refractivity contribution in [3.8, 4) is 6.07 Å². The molecule has 0 radical (unpaired) electrons. The summed E-state index contributed by atoms with van der Waals surface area (Å²) in [6.07, 6.45) is 1.48. The van der Waals surface area contributed by atoms with Gasteiger partial charge in [0.25, 0.3) is 0 Å². The van der Waals surface area contributed by atoms with E-state index >= 15 is 0 Å². The predicted octanol–water partition coefficient (Wildman–Crippen LogP) is 1.15. The summed E-state index contributed by atoms with van der Waals surface area (Å²) in [5, 5.41) is 20.7. The third-order valence-electron chi connectivity index (χ3n) is 3.01. The summed E-state index contributed by atoms with van der Waals surface area (Å²) in [5.41, 5.74) is 0.489. The summed E-state index contributed by atoms with van der Waals surface area (Å²) in [4.78, 5) is 27.5. The van der Waals surface area contributed by atoms with Crippen LogP contribution in [0.2, 0.25) is 0 Å². The van der Waals surface area contributed by atoms with E-state index in [9.17, 15) is 9.59 Å².